The Morgan fingerprint density at radius 3 is 2.11 bits per heavy atom. The van der Waals surface area contributed by atoms with E-state index < -0.39 is 7.12 Å². The maximum Gasteiger partial charge on any atom is 0.494 e. The van der Waals surface area contributed by atoms with Gasteiger partial charge in [-0.25, -0.2) is 4.79 Å². The van der Waals surface area contributed by atoms with Crippen LogP contribution >= 0.6 is 0 Å². The van der Waals surface area contributed by atoms with Gasteiger partial charge in [0, 0.05) is 11.4 Å². The molecule has 0 aromatic heterocycles. The highest BCUT2D eigenvalue weighted by atomic mass is 16.7. The van der Waals surface area contributed by atoms with Crippen molar-refractivity contribution in [1.29, 1.82) is 0 Å². The Labute approximate surface area is 169 Å². The van der Waals surface area contributed by atoms with Crippen LogP contribution in [0.3, 0.4) is 0 Å². The van der Waals surface area contributed by atoms with Gasteiger partial charge < -0.3 is 19.9 Å². The Hall–Kier alpha value is -2.50. The molecule has 1 aliphatic rings. The molecule has 1 aliphatic heterocycles. The molecule has 7 heteroatoms. The zero-order valence-corrected chi connectivity index (χ0v) is 17.3. The predicted molar refractivity (Wildman–Crippen MR) is 119 cm³/mol. The second-order valence-electron chi connectivity index (χ2n) is 7.73. The van der Waals surface area contributed by atoms with Crippen LogP contribution in [0.4, 0.5) is 10.5 Å². The molecule has 5 nitrogen and oxygen atoms in total. The fourth-order valence-corrected chi connectivity index (χ4v) is 2.45. The van der Waals surface area contributed by atoms with Gasteiger partial charge in [-0.2, -0.15) is 0 Å². The monoisotopic (exact) mass is 378 g/mol. The van der Waals surface area contributed by atoms with Crippen LogP contribution in [-0.4, -0.2) is 32.2 Å². The van der Waals surface area contributed by atoms with Crippen molar-refractivity contribution in [3.05, 3.63) is 72.9 Å². The Bertz CT molecular complexity index is 795. The van der Waals surface area contributed by atoms with Crippen LogP contribution in [0.15, 0.2) is 72.9 Å². The molecule has 0 radical (unpaired) electrons. The fraction of sp³-hybridized carbons (Fsp3) is 0.286. The molecule has 1 saturated heterocycles. The summed E-state index contributed by atoms with van der Waals surface area (Å²) >= 11 is 0. The maximum atomic E-state index is 12.2. The minimum absolute atomic E-state index is 0.348. The van der Waals surface area contributed by atoms with E-state index in [2.05, 4.69) is 23.8 Å². The first-order chi connectivity index (χ1) is 13.1. The molecule has 0 spiro atoms. The van der Waals surface area contributed by atoms with Crippen molar-refractivity contribution in [2.24, 2.45) is 0 Å². The highest BCUT2D eigenvalue weighted by Crippen LogP contribution is 2.36. The number of anilines is 1. The SMILES string of the molecule is B/C(C=C)=C/C=C(\C=C)NC(=O)Nc1ccc(B2OC(C)(C)C(C)(C)O2)cc1. The average Bonchev–Trinajstić information content (AvgIpc) is 2.86. The molecular formula is C21H28B2N2O3. The summed E-state index contributed by atoms with van der Waals surface area (Å²) in [6.07, 6.45) is 6.93. The van der Waals surface area contributed by atoms with E-state index in [1.54, 1.807) is 18.2 Å². The summed E-state index contributed by atoms with van der Waals surface area (Å²) in [5, 5.41) is 5.55. The zero-order valence-electron chi connectivity index (χ0n) is 17.3. The molecule has 1 aromatic rings. The van der Waals surface area contributed by atoms with Gasteiger partial charge >= 0.3 is 13.1 Å². The number of rotatable bonds is 6. The predicted octanol–water partition coefficient (Wildman–Crippen LogP) is 2.88. The van der Waals surface area contributed by atoms with Gasteiger partial charge in [0.1, 0.15) is 7.85 Å². The lowest BCUT2D eigenvalue weighted by molar-refractivity contribution is 0.00578. The number of nitrogens with one attached hydrogen (secondary N) is 2. The molecule has 0 saturated carbocycles. The molecule has 2 N–H and O–H groups in total. The molecule has 2 rings (SSSR count). The van der Waals surface area contributed by atoms with Crippen LogP contribution in [0.2, 0.25) is 0 Å². The van der Waals surface area contributed by atoms with Gasteiger partial charge in [-0.05, 0) is 57.4 Å². The highest BCUT2D eigenvalue weighted by Gasteiger charge is 2.51. The van der Waals surface area contributed by atoms with Gasteiger partial charge in [-0.3, -0.25) is 0 Å². The van der Waals surface area contributed by atoms with Crippen LogP contribution in [-0.2, 0) is 9.31 Å². The number of urea groups is 1. The largest absolute Gasteiger partial charge is 0.494 e. The van der Waals surface area contributed by atoms with Crippen LogP contribution in [0.25, 0.3) is 0 Å². The van der Waals surface area contributed by atoms with Crippen LogP contribution in [0.5, 0.6) is 0 Å². The lowest BCUT2D eigenvalue weighted by Gasteiger charge is -2.32. The summed E-state index contributed by atoms with van der Waals surface area (Å²) in [6, 6.07) is 7.06. The van der Waals surface area contributed by atoms with Crippen molar-refractivity contribution in [2.75, 3.05) is 5.32 Å². The molecule has 0 unspecified atom stereocenters. The smallest absolute Gasteiger partial charge is 0.399 e. The van der Waals surface area contributed by atoms with E-state index in [-0.39, 0.29) is 17.2 Å². The summed E-state index contributed by atoms with van der Waals surface area (Å²) in [6.45, 7) is 15.5. The first-order valence-corrected chi connectivity index (χ1v) is 9.25. The maximum absolute atomic E-state index is 12.2. The van der Waals surface area contributed by atoms with Crippen molar-refractivity contribution < 1.29 is 14.1 Å². The second kappa shape index (κ2) is 8.67. The van der Waals surface area contributed by atoms with Crippen molar-refractivity contribution in [1.82, 2.24) is 5.32 Å². The number of carbonyl (C=O) groups excluding carboxylic acids is 1. The summed E-state index contributed by atoms with van der Waals surface area (Å²) in [4.78, 5) is 12.2. The highest BCUT2D eigenvalue weighted by molar-refractivity contribution is 6.62. The van der Waals surface area contributed by atoms with Crippen molar-refractivity contribution >= 4 is 32.1 Å². The molecule has 0 atom stereocenters. The van der Waals surface area contributed by atoms with E-state index in [9.17, 15) is 4.79 Å². The Morgan fingerprint density at radius 2 is 1.61 bits per heavy atom. The number of allylic oxidation sites excluding steroid dienone is 5. The third-order valence-electron chi connectivity index (χ3n) is 5.02. The summed E-state index contributed by atoms with van der Waals surface area (Å²) in [5.41, 5.74) is 2.37. The van der Waals surface area contributed by atoms with Gasteiger partial charge in [-0.15, -0.1) is 0 Å². The third-order valence-corrected chi connectivity index (χ3v) is 5.02. The molecule has 28 heavy (non-hydrogen) atoms. The molecule has 0 bridgehead atoms. The van der Waals surface area contributed by atoms with E-state index in [1.807, 2.05) is 65.9 Å². The first kappa shape index (κ1) is 21.8. The van der Waals surface area contributed by atoms with Gasteiger partial charge in [0.2, 0.25) is 0 Å². The van der Waals surface area contributed by atoms with Gasteiger partial charge in [0.25, 0.3) is 0 Å². The topological polar surface area (TPSA) is 59.6 Å². The average molecular weight is 378 g/mol. The number of hydrogen-bond acceptors (Lipinski definition) is 3. The Balaban J connectivity index is 2.00. The number of benzene rings is 1. The van der Waals surface area contributed by atoms with Crippen LogP contribution < -0.4 is 16.1 Å². The molecule has 0 aliphatic carbocycles. The fourth-order valence-electron chi connectivity index (χ4n) is 2.45. The van der Waals surface area contributed by atoms with Gasteiger partial charge in [-0.1, -0.05) is 42.9 Å². The van der Waals surface area contributed by atoms with Crippen LogP contribution in [0, 0.1) is 0 Å². The van der Waals surface area contributed by atoms with E-state index in [1.165, 1.54) is 0 Å². The summed E-state index contributed by atoms with van der Waals surface area (Å²) in [7, 11) is 1.49. The first-order valence-electron chi connectivity index (χ1n) is 9.25. The van der Waals surface area contributed by atoms with E-state index in [0.29, 0.717) is 11.4 Å². The lowest BCUT2D eigenvalue weighted by Crippen LogP contribution is -2.41. The number of carbonyl (C=O) groups is 1. The minimum Gasteiger partial charge on any atom is -0.399 e. The molecular weight excluding hydrogens is 350 g/mol. The quantitative estimate of drug-likeness (QED) is 0.591. The van der Waals surface area contributed by atoms with Gasteiger partial charge in [0.15, 0.2) is 0 Å². The molecule has 146 valence electrons. The second-order valence-corrected chi connectivity index (χ2v) is 7.73. The van der Waals surface area contributed by atoms with E-state index >= 15 is 0 Å². The third kappa shape index (κ3) is 5.27. The minimum atomic E-state index is -0.428. The van der Waals surface area contributed by atoms with Crippen LogP contribution in [0.1, 0.15) is 27.7 Å². The molecule has 1 fully saturated rings. The molecule has 1 heterocycles. The Kier molecular flexibility index (Phi) is 6.75. The van der Waals surface area contributed by atoms with Crippen molar-refractivity contribution in [2.45, 2.75) is 38.9 Å². The number of amides is 2. The summed E-state index contributed by atoms with van der Waals surface area (Å²) < 4.78 is 12.1. The van der Waals surface area contributed by atoms with E-state index in [0.717, 1.165) is 10.9 Å². The number of hydrogen-bond donors (Lipinski definition) is 2. The van der Waals surface area contributed by atoms with E-state index in [4.69, 9.17) is 9.31 Å². The normalized spacial score (nSPS) is 18.5. The zero-order chi connectivity index (χ0) is 20.9. The van der Waals surface area contributed by atoms with Crippen molar-refractivity contribution in [3.63, 3.8) is 0 Å². The molecule has 1 aromatic carbocycles. The Morgan fingerprint density at radius 1 is 1.04 bits per heavy atom. The van der Waals surface area contributed by atoms with Crippen molar-refractivity contribution in [3.8, 4) is 0 Å². The lowest BCUT2D eigenvalue weighted by atomic mass is 9.79. The summed E-state index contributed by atoms with van der Waals surface area (Å²) in [5.74, 6) is 0. The standard InChI is InChI=1S/C21H28B2N2O3/c1-7-15(22)9-12-17(8-2)24-19(26)25-18-13-10-16(11-14-18)23-27-20(3,4)21(5,6)28-23/h7-14H,1-2,22H2,3-6H3,(H2,24,25,26)/b15-9+,17-12+. The molecule has 2 amide bonds. The van der Waals surface area contributed by atoms with Gasteiger partial charge in [0.05, 0.1) is 11.2 Å².